The maximum Gasteiger partial charge on any atom is 0.310 e. The summed E-state index contributed by atoms with van der Waals surface area (Å²) in [5.74, 6) is -0.219. The Morgan fingerprint density at radius 2 is 2.00 bits per heavy atom. The minimum absolute atomic E-state index is 0.219. The van der Waals surface area contributed by atoms with Crippen LogP contribution in [-0.4, -0.2) is 21.8 Å². The fourth-order valence-corrected chi connectivity index (χ4v) is 2.06. The van der Waals surface area contributed by atoms with Crippen LogP contribution in [0.5, 0.6) is 0 Å². The van der Waals surface area contributed by atoms with Crippen molar-refractivity contribution in [3.63, 3.8) is 0 Å². The Bertz CT molecular complexity index is 700. The van der Waals surface area contributed by atoms with Crippen molar-refractivity contribution < 1.29 is 9.53 Å². The maximum absolute atomic E-state index is 11.7. The summed E-state index contributed by atoms with van der Waals surface area (Å²) in [7, 11) is 0. The first-order valence-corrected chi connectivity index (χ1v) is 7.52. The molecule has 0 N–H and O–H groups in total. The fraction of sp³-hybridized carbons (Fsp3) is 0.389. The molecule has 0 amide bonds. The van der Waals surface area contributed by atoms with Gasteiger partial charge in [-0.3, -0.25) is 4.79 Å². The molecular weight excluding hydrogens is 276 g/mol. The Morgan fingerprint density at radius 3 is 2.68 bits per heavy atom. The zero-order chi connectivity index (χ0) is 16.2. The van der Waals surface area contributed by atoms with Crippen LogP contribution in [0.1, 0.15) is 45.4 Å². The average Bonchev–Trinajstić information content (AvgIpc) is 2.44. The summed E-state index contributed by atoms with van der Waals surface area (Å²) in [6, 6.07) is 8.01. The van der Waals surface area contributed by atoms with Crippen molar-refractivity contribution in [2.45, 2.75) is 46.1 Å². The van der Waals surface area contributed by atoms with Gasteiger partial charge in [-0.15, -0.1) is 0 Å². The second-order valence-electron chi connectivity index (χ2n) is 6.20. The molecule has 2 aromatic rings. The van der Waals surface area contributed by atoms with Crippen LogP contribution in [0.3, 0.4) is 0 Å². The molecular formula is C18H22N2O2. The number of nitrogens with zero attached hydrogens (tertiary/aromatic N) is 2. The van der Waals surface area contributed by atoms with E-state index in [1.807, 2.05) is 51.1 Å². The Hall–Kier alpha value is -2.23. The molecule has 4 heteroatoms. The second-order valence-corrected chi connectivity index (χ2v) is 6.20. The highest BCUT2D eigenvalue weighted by atomic mass is 16.6. The first-order valence-electron chi connectivity index (χ1n) is 7.52. The minimum Gasteiger partial charge on any atom is -0.460 e. The molecule has 0 fully saturated rings. The van der Waals surface area contributed by atoms with E-state index in [4.69, 9.17) is 4.74 Å². The number of hydrogen-bond acceptors (Lipinski definition) is 4. The molecule has 22 heavy (non-hydrogen) atoms. The van der Waals surface area contributed by atoms with Gasteiger partial charge in [0, 0.05) is 5.39 Å². The van der Waals surface area contributed by atoms with E-state index >= 15 is 0 Å². The number of aromatic nitrogens is 2. The van der Waals surface area contributed by atoms with E-state index in [2.05, 4.69) is 23.2 Å². The third kappa shape index (κ3) is 4.65. The van der Waals surface area contributed by atoms with Crippen molar-refractivity contribution in [2.75, 3.05) is 0 Å². The molecule has 1 aromatic carbocycles. The lowest BCUT2D eigenvalue weighted by atomic mass is 10.1. The van der Waals surface area contributed by atoms with Crippen LogP contribution in [-0.2, 0) is 16.0 Å². The van der Waals surface area contributed by atoms with E-state index in [-0.39, 0.29) is 12.4 Å². The van der Waals surface area contributed by atoms with Crippen LogP contribution in [0.25, 0.3) is 17.0 Å². The Morgan fingerprint density at radius 1 is 1.23 bits per heavy atom. The lowest BCUT2D eigenvalue weighted by Crippen LogP contribution is -2.23. The van der Waals surface area contributed by atoms with Gasteiger partial charge in [0.2, 0.25) is 0 Å². The fourth-order valence-electron chi connectivity index (χ4n) is 2.06. The zero-order valence-electron chi connectivity index (χ0n) is 13.6. The zero-order valence-corrected chi connectivity index (χ0v) is 13.6. The molecule has 0 aliphatic heterocycles. The molecule has 4 nitrogen and oxygen atoms in total. The number of esters is 1. The molecule has 0 saturated carbocycles. The van der Waals surface area contributed by atoms with Crippen LogP contribution < -0.4 is 0 Å². The first kappa shape index (κ1) is 16.1. The van der Waals surface area contributed by atoms with Gasteiger partial charge in [0.25, 0.3) is 0 Å². The molecule has 0 unspecified atom stereocenters. The largest absolute Gasteiger partial charge is 0.460 e. The van der Waals surface area contributed by atoms with Crippen molar-refractivity contribution in [3.05, 3.63) is 41.6 Å². The molecule has 0 aliphatic rings. The number of aryl methyl sites for hydroxylation is 1. The molecule has 0 saturated heterocycles. The highest BCUT2D eigenvalue weighted by Crippen LogP contribution is 2.16. The smallest absolute Gasteiger partial charge is 0.310 e. The van der Waals surface area contributed by atoms with Gasteiger partial charge in [0.1, 0.15) is 5.60 Å². The number of benzene rings is 1. The Labute approximate surface area is 131 Å². The number of ether oxygens (including phenoxy) is 1. The van der Waals surface area contributed by atoms with Crippen LogP contribution >= 0.6 is 0 Å². The predicted molar refractivity (Wildman–Crippen MR) is 88.4 cm³/mol. The molecule has 0 radical (unpaired) electrons. The maximum atomic E-state index is 11.7. The molecule has 1 heterocycles. The van der Waals surface area contributed by atoms with Crippen molar-refractivity contribution in [1.29, 1.82) is 0 Å². The van der Waals surface area contributed by atoms with Crippen LogP contribution in [0, 0.1) is 0 Å². The molecule has 0 atom stereocenters. The minimum atomic E-state index is -0.441. The van der Waals surface area contributed by atoms with E-state index in [9.17, 15) is 4.79 Å². The Balaban J connectivity index is 2.08. The van der Waals surface area contributed by atoms with Gasteiger partial charge < -0.3 is 4.74 Å². The second kappa shape index (κ2) is 6.69. The van der Waals surface area contributed by atoms with Crippen molar-refractivity contribution in [3.8, 4) is 0 Å². The summed E-state index contributed by atoms with van der Waals surface area (Å²) in [6.07, 6.45) is 4.88. The Kier molecular flexibility index (Phi) is 4.91. The van der Waals surface area contributed by atoms with Crippen LogP contribution in [0.2, 0.25) is 0 Å². The number of carbonyl (C=O) groups excluding carboxylic acids is 1. The summed E-state index contributed by atoms with van der Waals surface area (Å²) in [5, 5.41) is 9.40. The first-order chi connectivity index (χ1) is 10.4. The van der Waals surface area contributed by atoms with Crippen molar-refractivity contribution in [2.24, 2.45) is 0 Å². The lowest BCUT2D eigenvalue weighted by Gasteiger charge is -2.18. The summed E-state index contributed by atoms with van der Waals surface area (Å²) < 4.78 is 5.27. The van der Waals surface area contributed by atoms with E-state index < -0.39 is 5.60 Å². The summed E-state index contributed by atoms with van der Waals surface area (Å²) in [5.41, 5.74) is 2.44. The van der Waals surface area contributed by atoms with E-state index in [1.54, 1.807) is 0 Å². The van der Waals surface area contributed by atoms with Gasteiger partial charge in [0.15, 0.2) is 0 Å². The monoisotopic (exact) mass is 298 g/mol. The van der Waals surface area contributed by atoms with E-state index in [0.717, 1.165) is 28.6 Å². The third-order valence-electron chi connectivity index (χ3n) is 3.04. The number of rotatable bonds is 4. The van der Waals surface area contributed by atoms with Gasteiger partial charge in [-0.2, -0.15) is 10.2 Å². The summed E-state index contributed by atoms with van der Waals surface area (Å²) in [6.45, 7) is 7.65. The van der Waals surface area contributed by atoms with E-state index in [1.165, 1.54) is 0 Å². The van der Waals surface area contributed by atoms with Crippen molar-refractivity contribution >= 4 is 22.9 Å². The third-order valence-corrected chi connectivity index (χ3v) is 3.04. The van der Waals surface area contributed by atoms with Gasteiger partial charge in [-0.05, 0) is 51.0 Å². The molecule has 1 aromatic heterocycles. The molecule has 116 valence electrons. The quantitative estimate of drug-likeness (QED) is 0.802. The predicted octanol–water partition coefficient (Wildman–Crippen LogP) is 3.94. The topological polar surface area (TPSA) is 52.1 Å². The van der Waals surface area contributed by atoms with Gasteiger partial charge in [-0.1, -0.05) is 25.1 Å². The van der Waals surface area contributed by atoms with Crippen LogP contribution in [0.15, 0.2) is 30.3 Å². The average molecular weight is 298 g/mol. The highest BCUT2D eigenvalue weighted by molar-refractivity contribution is 5.81. The normalized spacial score (nSPS) is 12.0. The standard InChI is InChI=1S/C18H22N2O2/c1-5-15-12-14-11-13(9-10-16(14)20-19-15)7-6-8-17(21)22-18(2,3)4/h6-7,9-12H,5,8H2,1-4H3. The SMILES string of the molecule is CCc1cc2cc(C=CCC(=O)OC(C)(C)C)ccc2nn1. The van der Waals surface area contributed by atoms with Crippen LogP contribution in [0.4, 0.5) is 0 Å². The van der Waals surface area contributed by atoms with Gasteiger partial charge in [-0.25, -0.2) is 0 Å². The number of hydrogen-bond donors (Lipinski definition) is 0. The number of fused-ring (bicyclic) bond motifs is 1. The highest BCUT2D eigenvalue weighted by Gasteiger charge is 2.14. The summed E-state index contributed by atoms with van der Waals surface area (Å²) in [4.78, 5) is 11.7. The summed E-state index contributed by atoms with van der Waals surface area (Å²) >= 11 is 0. The number of carbonyl (C=O) groups is 1. The lowest BCUT2D eigenvalue weighted by molar-refractivity contribution is -0.153. The van der Waals surface area contributed by atoms with Gasteiger partial charge >= 0.3 is 5.97 Å². The molecule has 0 spiro atoms. The molecule has 2 rings (SSSR count). The van der Waals surface area contributed by atoms with Crippen molar-refractivity contribution in [1.82, 2.24) is 10.2 Å². The molecule has 0 aliphatic carbocycles. The van der Waals surface area contributed by atoms with E-state index in [0.29, 0.717) is 0 Å². The molecule has 0 bridgehead atoms. The van der Waals surface area contributed by atoms with Gasteiger partial charge in [0.05, 0.1) is 17.6 Å².